The van der Waals surface area contributed by atoms with Crippen molar-refractivity contribution in [3.63, 3.8) is 0 Å². The molecule has 1 unspecified atom stereocenters. The Bertz CT molecular complexity index is 929. The van der Waals surface area contributed by atoms with Crippen molar-refractivity contribution in [2.45, 2.75) is 40.2 Å². The topological polar surface area (TPSA) is 102 Å². The summed E-state index contributed by atoms with van der Waals surface area (Å²) in [5.41, 5.74) is 2.51. The number of anilines is 1. The number of hydrogen-bond acceptors (Lipinski definition) is 5. The minimum absolute atomic E-state index is 0.0137. The van der Waals surface area contributed by atoms with Crippen LogP contribution in [0.1, 0.15) is 31.4 Å². The monoisotopic (exact) mass is 413 g/mol. The third kappa shape index (κ3) is 5.79. The number of aryl methyl sites for hydroxylation is 1. The fraction of sp³-hybridized carbons (Fsp3) is 0.364. The molecule has 0 saturated heterocycles. The molecule has 1 N–H and O–H groups in total. The predicted molar refractivity (Wildman–Crippen MR) is 115 cm³/mol. The Hall–Kier alpha value is -3.42. The summed E-state index contributed by atoms with van der Waals surface area (Å²) in [5.74, 6) is -0.721. The number of rotatable bonds is 9. The number of benzene rings is 2. The second-order valence-electron chi connectivity index (χ2n) is 7.09. The standard InChI is InChI=1S/C22H27N3O5/c1-5-16(3)24(13-21(26)23-18-10-8-9-15(2)17(18)4)22(27)14-30-20-12-7-6-11-19(20)25(28)29/h6-12,16H,5,13-14H2,1-4H3,(H,23,26). The van der Waals surface area contributed by atoms with E-state index in [9.17, 15) is 19.7 Å². The number of carbonyl (C=O) groups excluding carboxylic acids is 2. The highest BCUT2D eigenvalue weighted by atomic mass is 16.6. The van der Waals surface area contributed by atoms with Gasteiger partial charge in [0.15, 0.2) is 12.4 Å². The molecular formula is C22H27N3O5. The molecule has 0 radical (unpaired) electrons. The number of nitrogens with zero attached hydrogens (tertiary/aromatic N) is 2. The van der Waals surface area contributed by atoms with E-state index in [4.69, 9.17) is 4.74 Å². The zero-order valence-electron chi connectivity index (χ0n) is 17.7. The molecule has 0 bridgehead atoms. The van der Waals surface area contributed by atoms with Gasteiger partial charge in [-0.15, -0.1) is 0 Å². The van der Waals surface area contributed by atoms with Crippen molar-refractivity contribution in [1.82, 2.24) is 4.90 Å². The van der Waals surface area contributed by atoms with Crippen LogP contribution in [0.2, 0.25) is 0 Å². The molecule has 0 aliphatic rings. The highest BCUT2D eigenvalue weighted by Crippen LogP contribution is 2.26. The summed E-state index contributed by atoms with van der Waals surface area (Å²) in [4.78, 5) is 37.3. The summed E-state index contributed by atoms with van der Waals surface area (Å²) >= 11 is 0. The molecule has 1 atom stereocenters. The second-order valence-corrected chi connectivity index (χ2v) is 7.09. The van der Waals surface area contributed by atoms with Crippen molar-refractivity contribution in [2.75, 3.05) is 18.5 Å². The third-order valence-corrected chi connectivity index (χ3v) is 5.05. The molecule has 2 amide bonds. The molecule has 8 nitrogen and oxygen atoms in total. The Kier molecular flexibility index (Phi) is 7.91. The number of para-hydroxylation sites is 2. The number of nitro groups is 1. The van der Waals surface area contributed by atoms with Crippen molar-refractivity contribution >= 4 is 23.2 Å². The van der Waals surface area contributed by atoms with Gasteiger partial charge < -0.3 is 15.0 Å². The third-order valence-electron chi connectivity index (χ3n) is 5.05. The summed E-state index contributed by atoms with van der Waals surface area (Å²) in [5, 5.41) is 14.0. The molecule has 0 aliphatic carbocycles. The van der Waals surface area contributed by atoms with Gasteiger partial charge in [-0.1, -0.05) is 31.2 Å². The van der Waals surface area contributed by atoms with Crippen LogP contribution in [-0.2, 0) is 9.59 Å². The van der Waals surface area contributed by atoms with E-state index in [-0.39, 0.29) is 29.9 Å². The molecule has 0 saturated carbocycles. The van der Waals surface area contributed by atoms with Gasteiger partial charge in [0, 0.05) is 17.8 Å². The summed E-state index contributed by atoms with van der Waals surface area (Å²) in [6.45, 7) is 7.10. The maximum atomic E-state index is 12.8. The van der Waals surface area contributed by atoms with Crippen LogP contribution in [0.5, 0.6) is 5.75 Å². The minimum Gasteiger partial charge on any atom is -0.477 e. The van der Waals surface area contributed by atoms with Crippen molar-refractivity contribution in [3.8, 4) is 5.75 Å². The first kappa shape index (κ1) is 22.9. The van der Waals surface area contributed by atoms with Crippen molar-refractivity contribution in [1.29, 1.82) is 0 Å². The van der Waals surface area contributed by atoms with Gasteiger partial charge in [0.05, 0.1) is 4.92 Å². The van der Waals surface area contributed by atoms with Gasteiger partial charge in [0.25, 0.3) is 5.91 Å². The van der Waals surface area contributed by atoms with Gasteiger partial charge in [0.1, 0.15) is 6.54 Å². The second kappa shape index (κ2) is 10.4. The van der Waals surface area contributed by atoms with E-state index in [0.717, 1.165) is 11.1 Å². The average Bonchev–Trinajstić information content (AvgIpc) is 2.73. The van der Waals surface area contributed by atoms with Gasteiger partial charge in [0.2, 0.25) is 5.91 Å². The lowest BCUT2D eigenvalue weighted by atomic mass is 10.1. The van der Waals surface area contributed by atoms with E-state index < -0.39 is 17.4 Å². The van der Waals surface area contributed by atoms with Crippen LogP contribution in [-0.4, -0.2) is 40.8 Å². The first-order chi connectivity index (χ1) is 14.2. The van der Waals surface area contributed by atoms with E-state index in [1.807, 2.05) is 45.9 Å². The molecule has 2 aromatic carbocycles. The number of ether oxygens (including phenoxy) is 1. The largest absolute Gasteiger partial charge is 0.477 e. The highest BCUT2D eigenvalue weighted by Gasteiger charge is 2.24. The maximum absolute atomic E-state index is 12.8. The van der Waals surface area contributed by atoms with Crippen LogP contribution in [0, 0.1) is 24.0 Å². The summed E-state index contributed by atoms with van der Waals surface area (Å²) in [7, 11) is 0. The average molecular weight is 413 g/mol. The number of hydrogen-bond donors (Lipinski definition) is 1. The molecule has 160 valence electrons. The lowest BCUT2D eigenvalue weighted by Crippen LogP contribution is -2.45. The zero-order valence-corrected chi connectivity index (χ0v) is 17.7. The Labute approximate surface area is 176 Å². The van der Waals surface area contributed by atoms with Crippen LogP contribution in [0.15, 0.2) is 42.5 Å². The predicted octanol–water partition coefficient (Wildman–Crippen LogP) is 3.86. The number of carbonyl (C=O) groups is 2. The molecule has 0 heterocycles. The van der Waals surface area contributed by atoms with Gasteiger partial charge in [-0.05, 0) is 50.5 Å². The zero-order chi connectivity index (χ0) is 22.3. The smallest absolute Gasteiger partial charge is 0.310 e. The highest BCUT2D eigenvalue weighted by molar-refractivity contribution is 5.95. The molecule has 0 fully saturated rings. The van der Waals surface area contributed by atoms with E-state index >= 15 is 0 Å². The van der Waals surface area contributed by atoms with Crippen LogP contribution in [0.3, 0.4) is 0 Å². The molecule has 0 aromatic heterocycles. The summed E-state index contributed by atoms with van der Waals surface area (Å²) in [6.07, 6.45) is 0.647. The van der Waals surface area contributed by atoms with E-state index in [1.165, 1.54) is 23.1 Å². The molecule has 8 heteroatoms. The molecule has 0 aliphatic heterocycles. The Morgan fingerprint density at radius 2 is 1.87 bits per heavy atom. The lowest BCUT2D eigenvalue weighted by molar-refractivity contribution is -0.385. The van der Waals surface area contributed by atoms with Crippen molar-refractivity contribution < 1.29 is 19.2 Å². The van der Waals surface area contributed by atoms with Gasteiger partial charge in [-0.25, -0.2) is 0 Å². The van der Waals surface area contributed by atoms with Gasteiger partial charge in [-0.3, -0.25) is 19.7 Å². The van der Waals surface area contributed by atoms with Gasteiger partial charge >= 0.3 is 5.69 Å². The minimum atomic E-state index is -0.566. The number of amides is 2. The van der Waals surface area contributed by atoms with E-state index in [1.54, 1.807) is 6.07 Å². The quantitative estimate of drug-likeness (QED) is 0.497. The molecule has 0 spiro atoms. The molecular weight excluding hydrogens is 386 g/mol. The van der Waals surface area contributed by atoms with E-state index in [2.05, 4.69) is 5.32 Å². The molecule has 2 rings (SSSR count). The summed E-state index contributed by atoms with van der Waals surface area (Å²) < 4.78 is 5.41. The van der Waals surface area contributed by atoms with Crippen molar-refractivity contribution in [2.24, 2.45) is 0 Å². The van der Waals surface area contributed by atoms with Crippen LogP contribution >= 0.6 is 0 Å². The first-order valence-electron chi connectivity index (χ1n) is 9.76. The number of nitro benzene ring substituents is 1. The lowest BCUT2D eigenvalue weighted by Gasteiger charge is -2.28. The maximum Gasteiger partial charge on any atom is 0.310 e. The molecule has 30 heavy (non-hydrogen) atoms. The van der Waals surface area contributed by atoms with Gasteiger partial charge in [-0.2, -0.15) is 0 Å². The van der Waals surface area contributed by atoms with E-state index in [0.29, 0.717) is 12.1 Å². The Morgan fingerprint density at radius 3 is 2.53 bits per heavy atom. The first-order valence-corrected chi connectivity index (χ1v) is 9.76. The fourth-order valence-corrected chi connectivity index (χ4v) is 2.89. The summed E-state index contributed by atoms with van der Waals surface area (Å²) in [6, 6.07) is 11.3. The fourth-order valence-electron chi connectivity index (χ4n) is 2.89. The van der Waals surface area contributed by atoms with Crippen LogP contribution in [0.4, 0.5) is 11.4 Å². The van der Waals surface area contributed by atoms with Crippen molar-refractivity contribution in [3.05, 3.63) is 63.7 Å². The Morgan fingerprint density at radius 1 is 1.17 bits per heavy atom. The van der Waals surface area contributed by atoms with Crippen LogP contribution in [0.25, 0.3) is 0 Å². The normalized spacial score (nSPS) is 11.5. The SMILES string of the molecule is CCC(C)N(CC(=O)Nc1cccc(C)c1C)C(=O)COc1ccccc1[N+](=O)[O-]. The number of nitrogens with one attached hydrogen (secondary N) is 1. The molecule has 2 aromatic rings. The van der Waals surface area contributed by atoms with Crippen LogP contribution < -0.4 is 10.1 Å². The Balaban J connectivity index is 2.08.